The molecular formula is C19H19N3O2. The number of hydrogen-bond donors (Lipinski definition) is 2. The van der Waals surface area contributed by atoms with Crippen LogP contribution >= 0.6 is 0 Å². The molecule has 2 amide bonds. The second-order valence-corrected chi connectivity index (χ2v) is 5.74. The smallest absolute Gasteiger partial charge is 0.257 e. The van der Waals surface area contributed by atoms with Crippen molar-refractivity contribution in [2.75, 3.05) is 10.6 Å². The number of carbonyl (C=O) groups is 2. The summed E-state index contributed by atoms with van der Waals surface area (Å²) in [5.74, 6) is -0.422. The Morgan fingerprint density at radius 3 is 2.33 bits per heavy atom. The summed E-state index contributed by atoms with van der Waals surface area (Å²) in [5, 5.41) is 5.66. The molecule has 0 saturated heterocycles. The van der Waals surface area contributed by atoms with E-state index in [1.807, 2.05) is 12.1 Å². The third kappa shape index (κ3) is 4.07. The standard InChI is InChI=1S/C19H19N3O2/c23-18(12-14-6-1-2-7-14)21-16-9-3-4-10-17(16)22-19(24)15-8-5-11-20-13-15/h3-5,8-13H,1-2,6-7H2,(H,21,23)(H,22,24). The van der Waals surface area contributed by atoms with E-state index in [1.54, 1.807) is 36.5 Å². The lowest BCUT2D eigenvalue weighted by molar-refractivity contribution is -0.112. The Morgan fingerprint density at radius 2 is 1.67 bits per heavy atom. The summed E-state index contributed by atoms with van der Waals surface area (Å²) in [5.41, 5.74) is 2.79. The Labute approximate surface area is 140 Å². The molecule has 0 radical (unpaired) electrons. The molecule has 0 atom stereocenters. The number of carbonyl (C=O) groups excluding carboxylic acids is 2. The Bertz CT molecular complexity index is 761. The summed E-state index contributed by atoms with van der Waals surface area (Å²) in [6, 6.07) is 10.5. The zero-order valence-electron chi connectivity index (χ0n) is 13.3. The molecule has 0 bridgehead atoms. The number of amides is 2. The summed E-state index contributed by atoms with van der Waals surface area (Å²) in [6.45, 7) is 0. The minimum absolute atomic E-state index is 0.157. The summed E-state index contributed by atoms with van der Waals surface area (Å²) < 4.78 is 0. The van der Waals surface area contributed by atoms with Gasteiger partial charge in [-0.3, -0.25) is 14.6 Å². The van der Waals surface area contributed by atoms with Crippen LogP contribution in [0.25, 0.3) is 0 Å². The first-order valence-electron chi connectivity index (χ1n) is 8.03. The van der Waals surface area contributed by atoms with Gasteiger partial charge in [-0.1, -0.05) is 17.7 Å². The minimum Gasteiger partial charge on any atom is -0.321 e. The van der Waals surface area contributed by atoms with Gasteiger partial charge in [-0.2, -0.15) is 0 Å². The Balaban J connectivity index is 1.72. The van der Waals surface area contributed by atoms with E-state index in [1.165, 1.54) is 11.8 Å². The lowest BCUT2D eigenvalue weighted by Crippen LogP contribution is -2.15. The average molecular weight is 321 g/mol. The SMILES string of the molecule is O=C(C=C1CCCC1)Nc1ccccc1NC(=O)c1cccnc1. The first kappa shape index (κ1) is 15.9. The summed E-state index contributed by atoms with van der Waals surface area (Å²) in [4.78, 5) is 28.4. The van der Waals surface area contributed by atoms with Crippen LogP contribution in [0.15, 0.2) is 60.4 Å². The van der Waals surface area contributed by atoms with Crippen LogP contribution in [0.5, 0.6) is 0 Å². The number of nitrogens with zero attached hydrogens (tertiary/aromatic N) is 1. The quantitative estimate of drug-likeness (QED) is 0.842. The molecule has 1 heterocycles. The second-order valence-electron chi connectivity index (χ2n) is 5.74. The van der Waals surface area contributed by atoms with E-state index in [9.17, 15) is 9.59 Å². The van der Waals surface area contributed by atoms with Crippen molar-refractivity contribution in [3.05, 3.63) is 66.0 Å². The van der Waals surface area contributed by atoms with Gasteiger partial charge in [0.1, 0.15) is 0 Å². The van der Waals surface area contributed by atoms with E-state index >= 15 is 0 Å². The second kappa shape index (κ2) is 7.55. The molecule has 1 aliphatic rings. The van der Waals surface area contributed by atoms with Gasteiger partial charge in [-0.25, -0.2) is 0 Å². The topological polar surface area (TPSA) is 71.1 Å². The van der Waals surface area contributed by atoms with E-state index in [-0.39, 0.29) is 11.8 Å². The van der Waals surface area contributed by atoms with Crippen LogP contribution in [0.3, 0.4) is 0 Å². The molecule has 2 N–H and O–H groups in total. The number of hydrogen-bond acceptors (Lipinski definition) is 3. The van der Waals surface area contributed by atoms with E-state index in [0.717, 1.165) is 25.7 Å². The maximum Gasteiger partial charge on any atom is 0.257 e. The molecule has 3 rings (SSSR count). The first-order chi connectivity index (χ1) is 11.7. The highest BCUT2D eigenvalue weighted by Crippen LogP contribution is 2.25. The number of allylic oxidation sites excluding steroid dienone is 1. The average Bonchev–Trinajstić information content (AvgIpc) is 3.10. The van der Waals surface area contributed by atoms with Gasteiger partial charge < -0.3 is 10.6 Å². The fourth-order valence-electron chi connectivity index (χ4n) is 2.72. The van der Waals surface area contributed by atoms with Crippen LogP contribution < -0.4 is 10.6 Å². The number of pyridine rings is 1. The van der Waals surface area contributed by atoms with Crippen molar-refractivity contribution in [1.29, 1.82) is 0 Å². The minimum atomic E-state index is -0.265. The van der Waals surface area contributed by atoms with Gasteiger partial charge in [0.25, 0.3) is 5.91 Å². The Morgan fingerprint density at radius 1 is 0.958 bits per heavy atom. The van der Waals surface area contributed by atoms with E-state index in [0.29, 0.717) is 16.9 Å². The highest BCUT2D eigenvalue weighted by atomic mass is 16.2. The molecule has 1 aromatic carbocycles. The molecule has 5 heteroatoms. The van der Waals surface area contributed by atoms with Gasteiger partial charge in [0.2, 0.25) is 5.91 Å². The van der Waals surface area contributed by atoms with E-state index < -0.39 is 0 Å². The van der Waals surface area contributed by atoms with E-state index in [4.69, 9.17) is 0 Å². The van der Waals surface area contributed by atoms with Crippen LogP contribution in [0.2, 0.25) is 0 Å². The predicted molar refractivity (Wildman–Crippen MR) is 93.8 cm³/mol. The Kier molecular flexibility index (Phi) is 5.01. The lowest BCUT2D eigenvalue weighted by Gasteiger charge is -2.11. The normalized spacial score (nSPS) is 13.4. The predicted octanol–water partition coefficient (Wildman–Crippen LogP) is 3.77. The van der Waals surface area contributed by atoms with Crippen molar-refractivity contribution < 1.29 is 9.59 Å². The van der Waals surface area contributed by atoms with Crippen molar-refractivity contribution in [3.8, 4) is 0 Å². The summed E-state index contributed by atoms with van der Waals surface area (Å²) in [6.07, 6.45) is 9.07. The molecule has 1 saturated carbocycles. The fraction of sp³-hybridized carbons (Fsp3) is 0.211. The third-order valence-electron chi connectivity index (χ3n) is 3.94. The largest absolute Gasteiger partial charge is 0.321 e. The van der Waals surface area contributed by atoms with Crippen molar-refractivity contribution in [2.45, 2.75) is 25.7 Å². The van der Waals surface area contributed by atoms with Crippen LogP contribution in [-0.4, -0.2) is 16.8 Å². The highest BCUT2D eigenvalue weighted by molar-refractivity contribution is 6.08. The third-order valence-corrected chi connectivity index (χ3v) is 3.94. The first-order valence-corrected chi connectivity index (χ1v) is 8.03. The lowest BCUT2D eigenvalue weighted by atomic mass is 10.2. The number of para-hydroxylation sites is 2. The number of rotatable bonds is 4. The molecule has 24 heavy (non-hydrogen) atoms. The van der Waals surface area contributed by atoms with Gasteiger partial charge in [-0.15, -0.1) is 0 Å². The number of aromatic nitrogens is 1. The van der Waals surface area contributed by atoms with E-state index in [2.05, 4.69) is 15.6 Å². The zero-order chi connectivity index (χ0) is 16.8. The van der Waals surface area contributed by atoms with Gasteiger partial charge in [0.15, 0.2) is 0 Å². The van der Waals surface area contributed by atoms with Crippen molar-refractivity contribution in [3.63, 3.8) is 0 Å². The van der Waals surface area contributed by atoms with Crippen LogP contribution in [0.1, 0.15) is 36.0 Å². The van der Waals surface area contributed by atoms with Crippen molar-refractivity contribution in [2.24, 2.45) is 0 Å². The molecular weight excluding hydrogens is 302 g/mol. The fourth-order valence-corrected chi connectivity index (χ4v) is 2.72. The van der Waals surface area contributed by atoms with Gasteiger partial charge in [0.05, 0.1) is 16.9 Å². The van der Waals surface area contributed by atoms with Crippen LogP contribution in [0, 0.1) is 0 Å². The monoisotopic (exact) mass is 321 g/mol. The molecule has 0 aliphatic heterocycles. The maximum absolute atomic E-state index is 12.3. The van der Waals surface area contributed by atoms with Crippen molar-refractivity contribution in [1.82, 2.24) is 4.98 Å². The molecule has 2 aromatic rings. The molecule has 5 nitrogen and oxygen atoms in total. The zero-order valence-corrected chi connectivity index (χ0v) is 13.3. The molecule has 1 aromatic heterocycles. The summed E-state index contributed by atoms with van der Waals surface area (Å²) >= 11 is 0. The van der Waals surface area contributed by atoms with Gasteiger partial charge in [0, 0.05) is 18.5 Å². The van der Waals surface area contributed by atoms with Gasteiger partial charge in [-0.05, 0) is 49.9 Å². The number of nitrogens with one attached hydrogen (secondary N) is 2. The molecule has 0 spiro atoms. The van der Waals surface area contributed by atoms with Crippen LogP contribution in [-0.2, 0) is 4.79 Å². The Hall–Kier alpha value is -2.95. The number of anilines is 2. The van der Waals surface area contributed by atoms with Crippen LogP contribution in [0.4, 0.5) is 11.4 Å². The highest BCUT2D eigenvalue weighted by Gasteiger charge is 2.12. The van der Waals surface area contributed by atoms with Crippen molar-refractivity contribution >= 4 is 23.2 Å². The number of benzene rings is 1. The maximum atomic E-state index is 12.3. The summed E-state index contributed by atoms with van der Waals surface area (Å²) in [7, 11) is 0. The van der Waals surface area contributed by atoms with Gasteiger partial charge >= 0.3 is 0 Å². The molecule has 1 fully saturated rings. The molecule has 1 aliphatic carbocycles. The molecule has 122 valence electrons. The molecule has 0 unspecified atom stereocenters.